The molecule has 0 saturated heterocycles. The maximum Gasteiger partial charge on any atom is 0.165 e. The van der Waals surface area contributed by atoms with E-state index in [-0.39, 0.29) is 0 Å². The van der Waals surface area contributed by atoms with E-state index in [0.717, 1.165) is 61.4 Å². The highest BCUT2D eigenvalue weighted by atomic mass is 15.1. The highest BCUT2D eigenvalue weighted by Gasteiger charge is 2.15. The van der Waals surface area contributed by atoms with Gasteiger partial charge < -0.3 is 0 Å². The molecule has 5 aromatic heterocycles. The maximum atomic E-state index is 5.13. The lowest BCUT2D eigenvalue weighted by atomic mass is 10.00. The zero-order chi connectivity index (χ0) is 23.2. The summed E-state index contributed by atoms with van der Waals surface area (Å²) in [6.07, 6.45) is 5.59. The summed E-state index contributed by atoms with van der Waals surface area (Å²) in [6.45, 7) is 0. The summed E-state index contributed by atoms with van der Waals surface area (Å²) in [5.41, 5.74) is 8.58. The first-order valence-electron chi connectivity index (χ1n) is 11.5. The second kappa shape index (κ2) is 7.85. The highest BCUT2D eigenvalue weighted by molar-refractivity contribution is 6.09. The number of nitrogens with zero attached hydrogens (tertiary/aromatic N) is 5. The number of hydrogen-bond acceptors (Lipinski definition) is 4. The minimum Gasteiger partial charge on any atom is -0.284 e. The lowest BCUT2D eigenvalue weighted by molar-refractivity contribution is 1.19. The topological polar surface area (TPSA) is 56.0 Å². The van der Waals surface area contributed by atoms with E-state index in [9.17, 15) is 0 Å². The Morgan fingerprint density at radius 1 is 0.543 bits per heavy atom. The van der Waals surface area contributed by atoms with E-state index in [1.807, 2.05) is 54.7 Å². The molecule has 0 aliphatic carbocycles. The first-order chi connectivity index (χ1) is 17.3. The molecule has 7 aromatic rings. The zero-order valence-corrected chi connectivity index (χ0v) is 18.7. The lowest BCUT2D eigenvalue weighted by Gasteiger charge is -2.10. The lowest BCUT2D eigenvalue weighted by Crippen LogP contribution is -1.93. The molecule has 0 spiro atoms. The van der Waals surface area contributed by atoms with Crippen LogP contribution in [0.2, 0.25) is 0 Å². The summed E-state index contributed by atoms with van der Waals surface area (Å²) in [7, 11) is 0. The van der Waals surface area contributed by atoms with Crippen LogP contribution in [-0.2, 0) is 0 Å². The van der Waals surface area contributed by atoms with E-state index in [4.69, 9.17) is 15.0 Å². The third-order valence-corrected chi connectivity index (χ3v) is 6.32. The van der Waals surface area contributed by atoms with Crippen molar-refractivity contribution in [3.8, 4) is 33.8 Å². The quantitative estimate of drug-likeness (QED) is 0.297. The normalized spacial score (nSPS) is 11.4. The van der Waals surface area contributed by atoms with Gasteiger partial charge in [0.05, 0.1) is 17.1 Å². The SMILES string of the molecule is c1cc(-c2cccc(-c3ccncc3)n2)cc(-c2nc3c(nc4ccccn43)c3ccccc23)c1. The standard InChI is InChI=1S/C30H19N5/c1-2-10-24-23(9-1)28(34-30-29(24)33-27-13-3-4-18-35(27)30)22-8-5-7-21(19-22)26-12-6-11-25(32-26)20-14-16-31-17-15-20/h1-19H. The van der Waals surface area contributed by atoms with Crippen LogP contribution in [0.1, 0.15) is 0 Å². The van der Waals surface area contributed by atoms with Gasteiger partial charge in [0, 0.05) is 46.1 Å². The summed E-state index contributed by atoms with van der Waals surface area (Å²) < 4.78 is 2.05. The van der Waals surface area contributed by atoms with Gasteiger partial charge in [-0.25, -0.2) is 15.0 Å². The van der Waals surface area contributed by atoms with Gasteiger partial charge in [0.25, 0.3) is 0 Å². The van der Waals surface area contributed by atoms with E-state index >= 15 is 0 Å². The minimum atomic E-state index is 0.859. The fraction of sp³-hybridized carbons (Fsp3) is 0. The number of rotatable bonds is 3. The van der Waals surface area contributed by atoms with Gasteiger partial charge in [-0.3, -0.25) is 9.38 Å². The summed E-state index contributed by atoms with van der Waals surface area (Å²) in [5.74, 6) is 0. The van der Waals surface area contributed by atoms with Crippen molar-refractivity contribution >= 4 is 27.6 Å². The molecule has 5 nitrogen and oxygen atoms in total. The molecule has 0 amide bonds. The third kappa shape index (κ3) is 3.25. The molecular weight excluding hydrogens is 430 g/mol. The average molecular weight is 450 g/mol. The molecule has 5 heteroatoms. The van der Waals surface area contributed by atoms with Gasteiger partial charge in [-0.05, 0) is 42.5 Å². The van der Waals surface area contributed by atoms with E-state index in [0.29, 0.717) is 0 Å². The van der Waals surface area contributed by atoms with E-state index in [2.05, 4.69) is 57.9 Å². The Morgan fingerprint density at radius 3 is 2.17 bits per heavy atom. The van der Waals surface area contributed by atoms with Crippen molar-refractivity contribution in [1.29, 1.82) is 0 Å². The molecule has 0 bridgehead atoms. The fourth-order valence-corrected chi connectivity index (χ4v) is 4.66. The number of imidazole rings is 1. The molecule has 2 aromatic carbocycles. The molecule has 0 fully saturated rings. The number of benzene rings is 2. The molecule has 0 aliphatic rings. The van der Waals surface area contributed by atoms with E-state index in [1.165, 1.54) is 0 Å². The van der Waals surface area contributed by atoms with E-state index < -0.39 is 0 Å². The number of hydrogen-bond donors (Lipinski definition) is 0. The van der Waals surface area contributed by atoms with Crippen molar-refractivity contribution < 1.29 is 0 Å². The second-order valence-electron chi connectivity index (χ2n) is 8.44. The van der Waals surface area contributed by atoms with Gasteiger partial charge in [0.15, 0.2) is 5.65 Å². The zero-order valence-electron chi connectivity index (χ0n) is 18.7. The number of pyridine rings is 4. The molecule has 0 N–H and O–H groups in total. The first-order valence-corrected chi connectivity index (χ1v) is 11.5. The molecule has 164 valence electrons. The van der Waals surface area contributed by atoms with Crippen LogP contribution in [0.5, 0.6) is 0 Å². The Morgan fingerprint density at radius 2 is 1.29 bits per heavy atom. The minimum absolute atomic E-state index is 0.859. The molecule has 5 heterocycles. The summed E-state index contributed by atoms with van der Waals surface area (Å²) in [5, 5.41) is 2.18. The number of fused-ring (bicyclic) bond motifs is 5. The molecule has 35 heavy (non-hydrogen) atoms. The largest absolute Gasteiger partial charge is 0.284 e. The average Bonchev–Trinajstić information content (AvgIpc) is 3.32. The smallest absolute Gasteiger partial charge is 0.165 e. The van der Waals surface area contributed by atoms with Crippen LogP contribution in [0.15, 0.2) is 116 Å². The molecular formula is C30H19N5. The van der Waals surface area contributed by atoms with Crippen molar-refractivity contribution in [2.24, 2.45) is 0 Å². The Bertz CT molecular complexity index is 1850. The van der Waals surface area contributed by atoms with Crippen molar-refractivity contribution in [3.63, 3.8) is 0 Å². The molecule has 0 aliphatic heterocycles. The molecule has 7 rings (SSSR count). The third-order valence-electron chi connectivity index (χ3n) is 6.32. The van der Waals surface area contributed by atoms with Crippen molar-refractivity contribution in [3.05, 3.63) is 116 Å². The highest BCUT2D eigenvalue weighted by Crippen LogP contribution is 2.34. The van der Waals surface area contributed by atoms with Gasteiger partial charge in [0.2, 0.25) is 0 Å². The van der Waals surface area contributed by atoms with Crippen LogP contribution >= 0.6 is 0 Å². The fourth-order valence-electron chi connectivity index (χ4n) is 4.66. The molecule has 0 radical (unpaired) electrons. The molecule has 0 saturated carbocycles. The van der Waals surface area contributed by atoms with Gasteiger partial charge in [-0.15, -0.1) is 0 Å². The van der Waals surface area contributed by atoms with Crippen LogP contribution < -0.4 is 0 Å². The first kappa shape index (κ1) is 19.6. The molecule has 0 atom stereocenters. The summed E-state index contributed by atoms with van der Waals surface area (Å²) >= 11 is 0. The van der Waals surface area contributed by atoms with Crippen LogP contribution in [0.3, 0.4) is 0 Å². The Labute approximate surface area is 201 Å². The summed E-state index contributed by atoms with van der Waals surface area (Å²) in [4.78, 5) is 19.1. The second-order valence-corrected chi connectivity index (χ2v) is 8.44. The van der Waals surface area contributed by atoms with Crippen molar-refractivity contribution in [1.82, 2.24) is 24.3 Å². The Hall–Kier alpha value is -4.90. The Balaban J connectivity index is 1.43. The summed E-state index contributed by atoms with van der Waals surface area (Å²) in [6, 6.07) is 32.9. The van der Waals surface area contributed by atoms with Gasteiger partial charge in [-0.2, -0.15) is 0 Å². The van der Waals surface area contributed by atoms with Gasteiger partial charge >= 0.3 is 0 Å². The predicted molar refractivity (Wildman–Crippen MR) is 140 cm³/mol. The predicted octanol–water partition coefficient (Wildman–Crippen LogP) is 6.83. The van der Waals surface area contributed by atoms with Crippen LogP contribution in [0.25, 0.3) is 61.4 Å². The maximum absolute atomic E-state index is 5.13. The van der Waals surface area contributed by atoms with Crippen LogP contribution in [-0.4, -0.2) is 24.3 Å². The molecule has 0 unspecified atom stereocenters. The number of aromatic nitrogens is 5. The van der Waals surface area contributed by atoms with Crippen LogP contribution in [0.4, 0.5) is 0 Å². The van der Waals surface area contributed by atoms with E-state index in [1.54, 1.807) is 12.4 Å². The monoisotopic (exact) mass is 449 g/mol. The van der Waals surface area contributed by atoms with Gasteiger partial charge in [0.1, 0.15) is 11.2 Å². The van der Waals surface area contributed by atoms with Crippen molar-refractivity contribution in [2.45, 2.75) is 0 Å². The van der Waals surface area contributed by atoms with Crippen molar-refractivity contribution in [2.75, 3.05) is 0 Å². The Kier molecular flexibility index (Phi) is 4.39. The van der Waals surface area contributed by atoms with Crippen LogP contribution in [0, 0.1) is 0 Å². The van der Waals surface area contributed by atoms with Gasteiger partial charge in [-0.1, -0.05) is 54.6 Å².